The predicted molar refractivity (Wildman–Crippen MR) is 140 cm³/mol. The van der Waals surface area contributed by atoms with Crippen molar-refractivity contribution in [1.82, 2.24) is 9.88 Å². The second kappa shape index (κ2) is 9.54. The molecule has 1 amide bonds. The number of phenols is 1. The van der Waals surface area contributed by atoms with Gasteiger partial charge in [-0.1, -0.05) is 30.3 Å². The van der Waals surface area contributed by atoms with Crippen LogP contribution < -0.4 is 4.74 Å². The maximum absolute atomic E-state index is 13.3. The molecule has 36 heavy (non-hydrogen) atoms. The number of aromatic hydroxyl groups is 1. The van der Waals surface area contributed by atoms with Crippen LogP contribution >= 0.6 is 15.9 Å². The minimum absolute atomic E-state index is 0.00156. The van der Waals surface area contributed by atoms with Crippen molar-refractivity contribution in [3.8, 4) is 11.5 Å². The van der Waals surface area contributed by atoms with Crippen molar-refractivity contribution in [2.24, 2.45) is 0 Å². The summed E-state index contributed by atoms with van der Waals surface area (Å²) in [6, 6.07) is 18.3. The summed E-state index contributed by atoms with van der Waals surface area (Å²) < 4.78 is 5.86. The van der Waals surface area contributed by atoms with Gasteiger partial charge >= 0.3 is 0 Å². The van der Waals surface area contributed by atoms with E-state index >= 15 is 0 Å². The highest BCUT2D eigenvalue weighted by molar-refractivity contribution is 9.10. The van der Waals surface area contributed by atoms with Gasteiger partial charge < -0.3 is 24.8 Å². The molecule has 2 heterocycles. The first kappa shape index (κ1) is 23.7. The Morgan fingerprint density at radius 1 is 1.08 bits per heavy atom. The maximum atomic E-state index is 13.3. The summed E-state index contributed by atoms with van der Waals surface area (Å²) in [6.45, 7) is 0.265. The Bertz CT molecular complexity index is 1510. The molecule has 5 rings (SSSR count). The third-order valence-electron chi connectivity index (χ3n) is 6.47. The van der Waals surface area contributed by atoms with Crippen molar-refractivity contribution in [1.29, 1.82) is 0 Å². The van der Waals surface area contributed by atoms with Crippen LogP contribution in [0, 0.1) is 0 Å². The number of nitrogens with one attached hydrogen (secondary N) is 1. The second-order valence-corrected chi connectivity index (χ2v) is 9.40. The zero-order valence-corrected chi connectivity index (χ0v) is 21.0. The number of aromatic amines is 1. The van der Waals surface area contributed by atoms with Crippen molar-refractivity contribution in [3.05, 3.63) is 99.7 Å². The lowest BCUT2D eigenvalue weighted by atomic mass is 9.95. The molecule has 1 saturated heterocycles. The molecule has 1 unspecified atom stereocenters. The standard InChI is InChI=1S/C28H23BrN2O5/c1-36-23-11-8-17(14-21(23)29)26(33)24-25(16-6-9-19(32)10-7-16)31(28(35)27(24)34)13-12-18-15-30-22-5-3-2-4-20(18)22/h2-11,14-15,25,30,32-33H,12-13H2,1H3/b26-24+. The number of likely N-dealkylation sites (tertiary alicyclic amines) is 1. The van der Waals surface area contributed by atoms with Crippen LogP contribution in [0.1, 0.15) is 22.7 Å². The first-order valence-electron chi connectivity index (χ1n) is 11.3. The summed E-state index contributed by atoms with van der Waals surface area (Å²) in [4.78, 5) is 31.2. The first-order chi connectivity index (χ1) is 17.4. The lowest BCUT2D eigenvalue weighted by molar-refractivity contribution is -0.139. The zero-order chi connectivity index (χ0) is 25.4. The van der Waals surface area contributed by atoms with E-state index in [0.717, 1.165) is 16.5 Å². The number of methoxy groups -OCH3 is 1. The number of nitrogens with zero attached hydrogens (tertiary/aromatic N) is 1. The Labute approximate surface area is 215 Å². The van der Waals surface area contributed by atoms with E-state index in [-0.39, 0.29) is 23.6 Å². The van der Waals surface area contributed by atoms with Gasteiger partial charge in [-0.3, -0.25) is 9.59 Å². The number of hydrogen-bond acceptors (Lipinski definition) is 5. The molecule has 0 aliphatic carbocycles. The number of hydrogen-bond donors (Lipinski definition) is 3. The topological polar surface area (TPSA) is 103 Å². The Hall–Kier alpha value is -4.04. The number of fused-ring (bicyclic) bond motifs is 1. The number of carbonyl (C=O) groups excluding carboxylic acids is 2. The van der Waals surface area contributed by atoms with Gasteiger partial charge in [0.25, 0.3) is 11.7 Å². The molecular formula is C28H23BrN2O5. The van der Waals surface area contributed by atoms with E-state index in [2.05, 4.69) is 20.9 Å². The number of phenolic OH excluding ortho intramolecular Hbond substituents is 1. The Morgan fingerprint density at radius 2 is 1.83 bits per heavy atom. The number of amides is 1. The van der Waals surface area contributed by atoms with Crippen molar-refractivity contribution in [2.75, 3.05) is 13.7 Å². The predicted octanol–water partition coefficient (Wildman–Crippen LogP) is 5.31. The molecule has 1 aliphatic heterocycles. The number of aromatic nitrogens is 1. The van der Waals surface area contributed by atoms with Gasteiger partial charge in [-0.05, 0) is 69.9 Å². The molecule has 4 aromatic rings. The highest BCUT2D eigenvalue weighted by atomic mass is 79.9. The molecule has 3 aromatic carbocycles. The molecule has 0 spiro atoms. The fourth-order valence-electron chi connectivity index (χ4n) is 4.66. The van der Waals surface area contributed by atoms with Crippen LogP contribution in [0.3, 0.4) is 0 Å². The summed E-state index contributed by atoms with van der Waals surface area (Å²) in [5.74, 6) is -1.07. The van der Waals surface area contributed by atoms with Crippen molar-refractivity contribution >= 4 is 44.3 Å². The van der Waals surface area contributed by atoms with E-state index in [9.17, 15) is 19.8 Å². The van der Waals surface area contributed by atoms with Crippen LogP contribution in [0.5, 0.6) is 11.5 Å². The summed E-state index contributed by atoms with van der Waals surface area (Å²) in [5, 5.41) is 22.1. The average molecular weight is 547 g/mol. The lowest BCUT2D eigenvalue weighted by Gasteiger charge is -2.25. The number of H-pyrrole nitrogens is 1. The number of carbonyl (C=O) groups is 2. The highest BCUT2D eigenvalue weighted by Crippen LogP contribution is 2.41. The molecule has 8 heteroatoms. The number of ether oxygens (including phenoxy) is 1. The van der Waals surface area contributed by atoms with Gasteiger partial charge in [-0.2, -0.15) is 0 Å². The molecule has 182 valence electrons. The van der Waals surface area contributed by atoms with Gasteiger partial charge in [0.15, 0.2) is 0 Å². The van der Waals surface area contributed by atoms with Gasteiger partial charge in [0.2, 0.25) is 0 Å². The van der Waals surface area contributed by atoms with Crippen LogP contribution in [0.25, 0.3) is 16.7 Å². The van der Waals surface area contributed by atoms with Crippen LogP contribution in [0.2, 0.25) is 0 Å². The summed E-state index contributed by atoms with van der Waals surface area (Å²) >= 11 is 3.41. The molecule has 0 bridgehead atoms. The van der Waals surface area contributed by atoms with Gasteiger partial charge in [0, 0.05) is 29.2 Å². The van der Waals surface area contributed by atoms with E-state index in [1.54, 1.807) is 30.3 Å². The van der Waals surface area contributed by atoms with Crippen molar-refractivity contribution in [2.45, 2.75) is 12.5 Å². The SMILES string of the molecule is COc1ccc(/C(O)=C2\C(=O)C(=O)N(CCc3c[nH]c4ccccc34)C2c2ccc(O)cc2)cc1Br. The Morgan fingerprint density at radius 3 is 2.56 bits per heavy atom. The van der Waals surface area contributed by atoms with E-state index in [4.69, 9.17) is 4.74 Å². The number of aliphatic hydroxyl groups excluding tert-OH is 1. The lowest BCUT2D eigenvalue weighted by Crippen LogP contribution is -2.31. The van der Waals surface area contributed by atoms with E-state index in [0.29, 0.717) is 27.8 Å². The summed E-state index contributed by atoms with van der Waals surface area (Å²) in [7, 11) is 1.53. The number of para-hydroxylation sites is 1. The zero-order valence-electron chi connectivity index (χ0n) is 19.4. The quantitative estimate of drug-likeness (QED) is 0.173. The number of ketones is 1. The molecule has 1 aromatic heterocycles. The number of aliphatic hydroxyl groups is 1. The third-order valence-corrected chi connectivity index (χ3v) is 7.09. The molecule has 7 nitrogen and oxygen atoms in total. The van der Waals surface area contributed by atoms with Crippen molar-refractivity contribution < 1.29 is 24.5 Å². The van der Waals surface area contributed by atoms with Crippen LogP contribution in [0.4, 0.5) is 0 Å². The molecule has 1 aliphatic rings. The minimum atomic E-state index is -0.809. The third kappa shape index (κ3) is 4.13. The molecule has 0 radical (unpaired) electrons. The maximum Gasteiger partial charge on any atom is 0.295 e. The molecule has 0 saturated carbocycles. The highest BCUT2D eigenvalue weighted by Gasteiger charge is 2.45. The van der Waals surface area contributed by atoms with Gasteiger partial charge in [-0.15, -0.1) is 0 Å². The summed E-state index contributed by atoms with van der Waals surface area (Å²) in [6.07, 6.45) is 2.42. The monoisotopic (exact) mass is 546 g/mol. The van der Waals surface area contributed by atoms with Gasteiger partial charge in [0.1, 0.15) is 17.3 Å². The number of Topliss-reactive ketones (excluding diaryl/α,β-unsaturated/α-hetero) is 1. The van der Waals surface area contributed by atoms with Crippen molar-refractivity contribution in [3.63, 3.8) is 0 Å². The normalized spacial score (nSPS) is 17.2. The number of rotatable bonds is 6. The van der Waals surface area contributed by atoms with E-state index < -0.39 is 17.7 Å². The van der Waals surface area contributed by atoms with E-state index in [1.807, 2.05) is 30.5 Å². The van der Waals surface area contributed by atoms with E-state index in [1.165, 1.54) is 24.1 Å². The number of halogens is 1. The fourth-order valence-corrected chi connectivity index (χ4v) is 5.20. The molecule has 1 fully saturated rings. The molecule has 3 N–H and O–H groups in total. The van der Waals surface area contributed by atoms with Crippen LogP contribution in [-0.2, 0) is 16.0 Å². The fraction of sp³-hybridized carbons (Fsp3) is 0.143. The molecular weight excluding hydrogens is 524 g/mol. The smallest absolute Gasteiger partial charge is 0.295 e. The first-order valence-corrected chi connectivity index (χ1v) is 12.1. The minimum Gasteiger partial charge on any atom is -0.508 e. The summed E-state index contributed by atoms with van der Waals surface area (Å²) in [5.41, 5.74) is 3.01. The second-order valence-electron chi connectivity index (χ2n) is 8.54. The Balaban J connectivity index is 1.57. The van der Waals surface area contributed by atoms with Gasteiger partial charge in [0.05, 0.1) is 23.2 Å². The van der Waals surface area contributed by atoms with Gasteiger partial charge in [-0.25, -0.2) is 0 Å². The average Bonchev–Trinajstić information content (AvgIpc) is 3.41. The number of benzene rings is 3. The largest absolute Gasteiger partial charge is 0.508 e. The molecule has 1 atom stereocenters. The van der Waals surface area contributed by atoms with Crippen LogP contribution in [0.15, 0.2) is 83.0 Å². The Kier molecular flexibility index (Phi) is 6.28. The van der Waals surface area contributed by atoms with Crippen LogP contribution in [-0.4, -0.2) is 45.4 Å².